The molecule has 0 aromatic carbocycles. The fourth-order valence-corrected chi connectivity index (χ4v) is 0.552. The van der Waals surface area contributed by atoms with E-state index in [1.165, 1.54) is 4.90 Å². The molecular formula is C7H11N2O. The van der Waals surface area contributed by atoms with Crippen LogP contribution in [0.15, 0.2) is 25.3 Å². The third-order valence-corrected chi connectivity index (χ3v) is 0.986. The van der Waals surface area contributed by atoms with E-state index in [1.807, 2.05) is 0 Å². The number of hydrogen-bond donors (Lipinski definition) is 0. The van der Waals surface area contributed by atoms with Gasteiger partial charge in [0.2, 0.25) is 0 Å². The van der Waals surface area contributed by atoms with E-state index in [2.05, 4.69) is 13.2 Å². The van der Waals surface area contributed by atoms with Gasteiger partial charge in [-0.3, -0.25) is 0 Å². The van der Waals surface area contributed by atoms with Crippen molar-refractivity contribution in [1.82, 2.24) is 10.6 Å². The number of rotatable bonds is 4. The van der Waals surface area contributed by atoms with Crippen LogP contribution >= 0.6 is 0 Å². The molecule has 0 saturated heterocycles. The zero-order valence-electron chi connectivity index (χ0n) is 5.84. The fourth-order valence-electron chi connectivity index (χ4n) is 0.552. The maximum Gasteiger partial charge on any atom is 0.336 e. The summed E-state index contributed by atoms with van der Waals surface area (Å²) >= 11 is 0. The zero-order chi connectivity index (χ0) is 7.98. The van der Waals surface area contributed by atoms with Gasteiger partial charge >= 0.3 is 6.03 Å². The van der Waals surface area contributed by atoms with Gasteiger partial charge in [-0.2, -0.15) is 0 Å². The molecule has 3 heteroatoms. The molecule has 0 saturated carbocycles. The van der Waals surface area contributed by atoms with Crippen molar-refractivity contribution < 1.29 is 4.79 Å². The number of urea groups is 1. The summed E-state index contributed by atoms with van der Waals surface area (Å²) in [4.78, 5) is 11.7. The monoisotopic (exact) mass is 139 g/mol. The Morgan fingerprint density at radius 1 is 1.40 bits per heavy atom. The molecule has 3 nitrogen and oxygen atoms in total. The van der Waals surface area contributed by atoms with Gasteiger partial charge in [0.15, 0.2) is 0 Å². The van der Waals surface area contributed by atoms with Crippen LogP contribution in [-0.4, -0.2) is 24.0 Å². The SMILES string of the molecule is C=CCN(CC=C)C([NH])=O. The van der Waals surface area contributed by atoms with E-state index < -0.39 is 6.03 Å². The molecule has 0 spiro atoms. The first-order chi connectivity index (χ1) is 4.72. The first-order valence-corrected chi connectivity index (χ1v) is 2.94. The summed E-state index contributed by atoms with van der Waals surface area (Å²) in [7, 11) is 0. The van der Waals surface area contributed by atoms with Crippen molar-refractivity contribution in [2.24, 2.45) is 0 Å². The van der Waals surface area contributed by atoms with Crippen LogP contribution in [-0.2, 0) is 0 Å². The van der Waals surface area contributed by atoms with Crippen molar-refractivity contribution in [3.63, 3.8) is 0 Å². The molecule has 55 valence electrons. The molecule has 0 atom stereocenters. The largest absolute Gasteiger partial charge is 0.336 e. The Bertz CT molecular complexity index is 133. The zero-order valence-corrected chi connectivity index (χ0v) is 5.84. The van der Waals surface area contributed by atoms with E-state index in [9.17, 15) is 4.79 Å². The lowest BCUT2D eigenvalue weighted by molar-refractivity contribution is 0.216. The van der Waals surface area contributed by atoms with Gasteiger partial charge < -0.3 is 4.90 Å². The minimum absolute atomic E-state index is 0.411. The molecule has 0 aliphatic heterocycles. The number of carbonyl (C=O) groups excluding carboxylic acids is 1. The second kappa shape index (κ2) is 4.61. The van der Waals surface area contributed by atoms with Gasteiger partial charge in [-0.25, -0.2) is 10.5 Å². The van der Waals surface area contributed by atoms with Crippen LogP contribution in [0.3, 0.4) is 0 Å². The number of hydrogen-bond acceptors (Lipinski definition) is 1. The van der Waals surface area contributed by atoms with Crippen molar-refractivity contribution in [3.05, 3.63) is 25.3 Å². The quantitative estimate of drug-likeness (QED) is 0.537. The Balaban J connectivity index is 3.83. The molecule has 0 rings (SSSR count). The Hall–Kier alpha value is -1.25. The number of nitrogens with zero attached hydrogens (tertiary/aromatic N) is 1. The van der Waals surface area contributed by atoms with Gasteiger partial charge in [0.05, 0.1) is 0 Å². The van der Waals surface area contributed by atoms with Gasteiger partial charge in [-0.15, -0.1) is 13.2 Å². The normalized spacial score (nSPS) is 8.40. The number of carbonyl (C=O) groups is 1. The van der Waals surface area contributed by atoms with Crippen LogP contribution < -0.4 is 5.73 Å². The molecule has 1 N–H and O–H groups in total. The lowest BCUT2D eigenvalue weighted by atomic mass is 10.5. The average molecular weight is 139 g/mol. The Labute approximate surface area is 60.8 Å². The molecular weight excluding hydrogens is 128 g/mol. The standard InChI is InChI=1S/C7H11N2O/c1-3-5-9(6-4-2)7(8)10/h3-4,8H,1-2,5-6H2. The molecule has 10 heavy (non-hydrogen) atoms. The molecule has 0 unspecified atom stereocenters. The minimum Gasteiger partial charge on any atom is -0.316 e. The van der Waals surface area contributed by atoms with Crippen molar-refractivity contribution in [2.75, 3.05) is 13.1 Å². The van der Waals surface area contributed by atoms with E-state index in [-0.39, 0.29) is 0 Å². The summed E-state index contributed by atoms with van der Waals surface area (Å²) < 4.78 is 0. The van der Waals surface area contributed by atoms with Gasteiger partial charge in [-0.05, 0) is 0 Å². The Morgan fingerprint density at radius 3 is 2.00 bits per heavy atom. The molecule has 0 aliphatic rings. The molecule has 0 fully saturated rings. The number of nitrogens with one attached hydrogen (secondary N) is 1. The van der Waals surface area contributed by atoms with Crippen LogP contribution in [0, 0.1) is 0 Å². The molecule has 0 bridgehead atoms. The van der Waals surface area contributed by atoms with E-state index in [0.717, 1.165) is 0 Å². The predicted molar refractivity (Wildman–Crippen MR) is 40.5 cm³/mol. The lowest BCUT2D eigenvalue weighted by Crippen LogP contribution is -2.30. The third kappa shape index (κ3) is 2.91. The highest BCUT2D eigenvalue weighted by molar-refractivity contribution is 5.71. The van der Waals surface area contributed by atoms with Gasteiger partial charge in [0.1, 0.15) is 0 Å². The third-order valence-electron chi connectivity index (χ3n) is 0.986. The van der Waals surface area contributed by atoms with Gasteiger partial charge in [-0.1, -0.05) is 12.2 Å². The summed E-state index contributed by atoms with van der Waals surface area (Å²) in [6.45, 7) is 7.73. The van der Waals surface area contributed by atoms with Crippen LogP contribution in [0.1, 0.15) is 0 Å². The van der Waals surface area contributed by atoms with Crippen molar-refractivity contribution >= 4 is 6.03 Å². The first kappa shape index (κ1) is 8.75. The Kier molecular flexibility index (Phi) is 4.04. The molecule has 2 amide bonds. The van der Waals surface area contributed by atoms with E-state index in [0.29, 0.717) is 13.1 Å². The highest BCUT2D eigenvalue weighted by Crippen LogP contribution is 1.88. The summed E-state index contributed by atoms with van der Waals surface area (Å²) in [5, 5.41) is 0. The van der Waals surface area contributed by atoms with Gasteiger partial charge in [0.25, 0.3) is 0 Å². The average Bonchev–Trinajstić information content (AvgIpc) is 1.87. The second-order valence-electron chi connectivity index (χ2n) is 1.79. The second-order valence-corrected chi connectivity index (χ2v) is 1.79. The highest BCUT2D eigenvalue weighted by atomic mass is 16.2. The Morgan fingerprint density at radius 2 is 1.80 bits per heavy atom. The molecule has 0 aromatic rings. The van der Waals surface area contributed by atoms with Crippen molar-refractivity contribution in [1.29, 1.82) is 0 Å². The van der Waals surface area contributed by atoms with E-state index in [1.54, 1.807) is 12.2 Å². The summed E-state index contributed by atoms with van der Waals surface area (Å²) in [5.41, 5.74) is 6.73. The smallest absolute Gasteiger partial charge is 0.316 e. The summed E-state index contributed by atoms with van der Waals surface area (Å²) in [6.07, 6.45) is 3.16. The highest BCUT2D eigenvalue weighted by Gasteiger charge is 2.03. The van der Waals surface area contributed by atoms with E-state index in [4.69, 9.17) is 5.73 Å². The van der Waals surface area contributed by atoms with Gasteiger partial charge in [0, 0.05) is 13.1 Å². The summed E-state index contributed by atoms with van der Waals surface area (Å²) in [6, 6.07) is -0.695. The maximum absolute atomic E-state index is 10.4. The van der Waals surface area contributed by atoms with Crippen molar-refractivity contribution in [2.45, 2.75) is 0 Å². The molecule has 0 aliphatic carbocycles. The maximum atomic E-state index is 10.4. The molecule has 0 aromatic heterocycles. The summed E-state index contributed by atoms with van der Waals surface area (Å²) in [5.74, 6) is 0. The van der Waals surface area contributed by atoms with Crippen molar-refractivity contribution in [3.8, 4) is 0 Å². The lowest BCUT2D eigenvalue weighted by Gasteiger charge is -2.14. The van der Waals surface area contributed by atoms with Crippen LogP contribution in [0.2, 0.25) is 0 Å². The molecule has 0 heterocycles. The molecule has 1 radical (unpaired) electrons. The van der Waals surface area contributed by atoms with Crippen LogP contribution in [0.25, 0.3) is 0 Å². The van der Waals surface area contributed by atoms with E-state index >= 15 is 0 Å². The number of amides is 2. The first-order valence-electron chi connectivity index (χ1n) is 2.94. The fraction of sp³-hybridized carbons (Fsp3) is 0.286. The predicted octanol–water partition coefficient (Wildman–Crippen LogP) is 1.06. The van der Waals surface area contributed by atoms with Crippen LogP contribution in [0.4, 0.5) is 4.79 Å². The minimum atomic E-state index is -0.695. The van der Waals surface area contributed by atoms with Crippen LogP contribution in [0.5, 0.6) is 0 Å². The topological polar surface area (TPSA) is 44.1 Å².